The molecule has 0 bridgehead atoms. The summed E-state index contributed by atoms with van der Waals surface area (Å²) in [6.07, 6.45) is 2.38. The van der Waals surface area contributed by atoms with Gasteiger partial charge in [-0.05, 0) is 31.2 Å². The van der Waals surface area contributed by atoms with Crippen LogP contribution in [0.1, 0.15) is 11.5 Å². The summed E-state index contributed by atoms with van der Waals surface area (Å²) in [5.74, 6) is -0.973. The molecular formula is C14H10FNO5. The van der Waals surface area contributed by atoms with E-state index in [0.29, 0.717) is 11.5 Å². The second-order valence-electron chi connectivity index (χ2n) is 4.07. The molecule has 0 spiro atoms. The van der Waals surface area contributed by atoms with Crippen molar-refractivity contribution in [2.45, 2.75) is 6.92 Å². The normalized spacial score (nSPS) is 10.8. The molecule has 6 nitrogen and oxygen atoms in total. The van der Waals surface area contributed by atoms with Gasteiger partial charge in [0.15, 0.2) is 0 Å². The Morgan fingerprint density at radius 1 is 1.38 bits per heavy atom. The first-order valence-corrected chi connectivity index (χ1v) is 5.86. The van der Waals surface area contributed by atoms with Gasteiger partial charge in [-0.25, -0.2) is 9.18 Å². The summed E-state index contributed by atoms with van der Waals surface area (Å²) in [7, 11) is 0. The van der Waals surface area contributed by atoms with Crippen LogP contribution in [0.2, 0.25) is 0 Å². The Hall–Kier alpha value is -2.96. The third-order valence-electron chi connectivity index (χ3n) is 2.47. The molecule has 0 unspecified atom stereocenters. The Balaban J connectivity index is 2.14. The number of rotatable bonds is 4. The zero-order valence-electron chi connectivity index (χ0n) is 10.9. The van der Waals surface area contributed by atoms with Crippen molar-refractivity contribution >= 4 is 17.7 Å². The van der Waals surface area contributed by atoms with E-state index >= 15 is 0 Å². The Morgan fingerprint density at radius 3 is 2.76 bits per heavy atom. The van der Waals surface area contributed by atoms with Gasteiger partial charge in [0.25, 0.3) is 0 Å². The van der Waals surface area contributed by atoms with Crippen LogP contribution in [-0.4, -0.2) is 10.9 Å². The summed E-state index contributed by atoms with van der Waals surface area (Å²) in [5, 5.41) is 10.8. The van der Waals surface area contributed by atoms with Gasteiger partial charge in [-0.3, -0.25) is 10.1 Å². The maximum Gasteiger partial charge on any atom is 0.336 e. The maximum atomic E-state index is 13.1. The Bertz CT molecular complexity index is 720. The van der Waals surface area contributed by atoms with Crippen molar-refractivity contribution in [3.63, 3.8) is 0 Å². The Kier molecular flexibility index (Phi) is 4.13. The standard InChI is InChI=1S/C14H10FNO5/c1-9-2-4-11(20-9)5-7-14(17)21-13-8-10(15)3-6-12(13)16(18)19/h2-8H,1H3/b7-5+. The van der Waals surface area contributed by atoms with Crippen molar-refractivity contribution in [3.05, 3.63) is 63.9 Å². The molecule has 7 heteroatoms. The number of halogens is 1. The number of carbonyl (C=O) groups excluding carboxylic acids is 1. The summed E-state index contributed by atoms with van der Waals surface area (Å²) in [4.78, 5) is 21.6. The summed E-state index contributed by atoms with van der Waals surface area (Å²) in [6, 6.07) is 5.97. The number of carbonyl (C=O) groups is 1. The molecule has 0 radical (unpaired) electrons. The molecule has 108 valence electrons. The van der Waals surface area contributed by atoms with E-state index in [-0.39, 0.29) is 0 Å². The van der Waals surface area contributed by atoms with Gasteiger partial charge in [-0.1, -0.05) is 0 Å². The fraction of sp³-hybridized carbons (Fsp3) is 0.0714. The van der Waals surface area contributed by atoms with E-state index in [1.807, 2.05) is 0 Å². The second kappa shape index (κ2) is 6.00. The molecule has 2 rings (SSSR count). The topological polar surface area (TPSA) is 82.6 Å². The summed E-state index contributed by atoms with van der Waals surface area (Å²) in [6.45, 7) is 1.74. The van der Waals surface area contributed by atoms with Crippen molar-refractivity contribution in [3.8, 4) is 5.75 Å². The Morgan fingerprint density at radius 2 is 2.14 bits per heavy atom. The number of nitro benzene ring substituents is 1. The molecule has 21 heavy (non-hydrogen) atoms. The number of nitro groups is 1. The van der Waals surface area contributed by atoms with Crippen molar-refractivity contribution in [2.75, 3.05) is 0 Å². The van der Waals surface area contributed by atoms with Gasteiger partial charge in [0.2, 0.25) is 5.75 Å². The lowest BCUT2D eigenvalue weighted by molar-refractivity contribution is -0.385. The monoisotopic (exact) mass is 291 g/mol. The SMILES string of the molecule is Cc1ccc(/C=C/C(=O)Oc2cc(F)ccc2[N+](=O)[O-])o1. The fourth-order valence-corrected chi connectivity index (χ4v) is 1.56. The molecular weight excluding hydrogens is 281 g/mol. The number of furan rings is 1. The molecule has 1 aromatic heterocycles. The van der Waals surface area contributed by atoms with Crippen LogP contribution in [0.4, 0.5) is 10.1 Å². The third kappa shape index (κ3) is 3.75. The van der Waals surface area contributed by atoms with Crippen LogP contribution in [0.3, 0.4) is 0 Å². The maximum absolute atomic E-state index is 13.1. The molecule has 0 aliphatic rings. The van der Waals surface area contributed by atoms with Crippen LogP contribution in [0, 0.1) is 22.9 Å². The van der Waals surface area contributed by atoms with Crippen LogP contribution in [0.25, 0.3) is 6.08 Å². The van der Waals surface area contributed by atoms with Crippen LogP contribution < -0.4 is 4.74 Å². The molecule has 0 saturated heterocycles. The highest BCUT2D eigenvalue weighted by atomic mass is 19.1. The average Bonchev–Trinajstić information content (AvgIpc) is 2.82. The first kappa shape index (κ1) is 14.4. The molecule has 0 N–H and O–H groups in total. The Labute approximate surface area is 118 Å². The first-order valence-electron chi connectivity index (χ1n) is 5.86. The summed E-state index contributed by atoms with van der Waals surface area (Å²) in [5.41, 5.74) is -0.494. The van der Waals surface area contributed by atoms with Crippen LogP contribution in [0.5, 0.6) is 5.75 Å². The zero-order chi connectivity index (χ0) is 15.4. The van der Waals surface area contributed by atoms with Crippen LogP contribution in [-0.2, 0) is 4.79 Å². The fourth-order valence-electron chi connectivity index (χ4n) is 1.56. The van der Waals surface area contributed by atoms with Gasteiger partial charge in [0.1, 0.15) is 17.3 Å². The number of ether oxygens (including phenoxy) is 1. The van der Waals surface area contributed by atoms with Crippen molar-refractivity contribution in [1.29, 1.82) is 0 Å². The molecule has 0 aliphatic carbocycles. The molecule has 1 aromatic carbocycles. The number of esters is 1. The van der Waals surface area contributed by atoms with Crippen molar-refractivity contribution < 1.29 is 23.3 Å². The summed E-state index contributed by atoms with van der Waals surface area (Å²) < 4.78 is 23.0. The lowest BCUT2D eigenvalue weighted by Crippen LogP contribution is -2.06. The number of hydrogen-bond acceptors (Lipinski definition) is 5. The van der Waals surface area contributed by atoms with Crippen molar-refractivity contribution in [2.24, 2.45) is 0 Å². The van der Waals surface area contributed by atoms with E-state index in [0.717, 1.165) is 24.3 Å². The van der Waals surface area contributed by atoms with Gasteiger partial charge >= 0.3 is 11.7 Å². The number of hydrogen-bond donors (Lipinski definition) is 0. The molecule has 2 aromatic rings. The quantitative estimate of drug-likeness (QED) is 0.284. The van der Waals surface area contributed by atoms with Crippen molar-refractivity contribution in [1.82, 2.24) is 0 Å². The van der Waals surface area contributed by atoms with E-state index in [1.54, 1.807) is 19.1 Å². The average molecular weight is 291 g/mol. The minimum absolute atomic E-state index is 0.429. The molecule has 0 saturated carbocycles. The first-order chi connectivity index (χ1) is 9.95. The van der Waals surface area contributed by atoms with Gasteiger partial charge in [0, 0.05) is 18.2 Å². The summed E-state index contributed by atoms with van der Waals surface area (Å²) >= 11 is 0. The van der Waals surface area contributed by atoms with Crippen LogP contribution >= 0.6 is 0 Å². The molecule has 0 atom stereocenters. The van der Waals surface area contributed by atoms with E-state index in [4.69, 9.17) is 9.15 Å². The zero-order valence-corrected chi connectivity index (χ0v) is 10.9. The lowest BCUT2D eigenvalue weighted by atomic mass is 10.3. The van der Waals surface area contributed by atoms with Gasteiger partial charge in [0.05, 0.1) is 4.92 Å². The van der Waals surface area contributed by atoms with Gasteiger partial charge < -0.3 is 9.15 Å². The number of aryl methyl sites for hydroxylation is 1. The number of benzene rings is 1. The smallest absolute Gasteiger partial charge is 0.336 e. The number of nitrogens with zero attached hydrogens (tertiary/aromatic N) is 1. The van der Waals surface area contributed by atoms with E-state index < -0.39 is 28.1 Å². The van der Waals surface area contributed by atoms with E-state index in [1.165, 1.54) is 6.08 Å². The lowest BCUT2D eigenvalue weighted by Gasteiger charge is -2.02. The van der Waals surface area contributed by atoms with Gasteiger partial charge in [-0.2, -0.15) is 0 Å². The molecule has 0 amide bonds. The predicted molar refractivity (Wildman–Crippen MR) is 71.2 cm³/mol. The predicted octanol–water partition coefficient (Wildman–Crippen LogP) is 3.25. The highest BCUT2D eigenvalue weighted by Crippen LogP contribution is 2.27. The minimum Gasteiger partial charge on any atom is -0.462 e. The van der Waals surface area contributed by atoms with E-state index in [2.05, 4.69) is 0 Å². The minimum atomic E-state index is -0.877. The molecule has 0 aliphatic heterocycles. The third-order valence-corrected chi connectivity index (χ3v) is 2.47. The highest BCUT2D eigenvalue weighted by Gasteiger charge is 2.17. The largest absolute Gasteiger partial charge is 0.462 e. The van der Waals surface area contributed by atoms with E-state index in [9.17, 15) is 19.3 Å². The molecule has 1 heterocycles. The highest BCUT2D eigenvalue weighted by molar-refractivity contribution is 5.88. The second-order valence-corrected chi connectivity index (χ2v) is 4.07. The van der Waals surface area contributed by atoms with Crippen LogP contribution in [0.15, 0.2) is 40.8 Å². The molecule has 0 fully saturated rings. The van der Waals surface area contributed by atoms with Gasteiger partial charge in [-0.15, -0.1) is 0 Å².